The molecule has 0 aromatic carbocycles. The minimum absolute atomic E-state index is 0.565. The van der Waals surface area contributed by atoms with Crippen LogP contribution in [0.5, 0.6) is 0 Å². The van der Waals surface area contributed by atoms with Gasteiger partial charge in [-0.1, -0.05) is 6.08 Å². The minimum Gasteiger partial charge on any atom is -0.316 e. The number of likely N-dealkylation sites (tertiary alicyclic amines) is 1. The predicted octanol–water partition coefficient (Wildman–Crippen LogP) is 0.712. The molecule has 0 saturated carbocycles. The summed E-state index contributed by atoms with van der Waals surface area (Å²) < 4.78 is 0. The van der Waals surface area contributed by atoms with Gasteiger partial charge < -0.3 is 5.32 Å². The first-order valence-electron chi connectivity index (χ1n) is 4.88. The normalized spacial score (nSPS) is 38.1. The van der Waals surface area contributed by atoms with Gasteiger partial charge in [0.1, 0.15) is 0 Å². The first-order chi connectivity index (χ1) is 5.81. The summed E-state index contributed by atoms with van der Waals surface area (Å²) in [5.74, 6) is 1.82. The highest BCUT2D eigenvalue weighted by atomic mass is 15.2. The van der Waals surface area contributed by atoms with Gasteiger partial charge in [-0.15, -0.1) is 6.58 Å². The van der Waals surface area contributed by atoms with Crippen molar-refractivity contribution >= 4 is 0 Å². The molecule has 0 aromatic rings. The Labute approximate surface area is 74.6 Å². The molecule has 0 bridgehead atoms. The van der Waals surface area contributed by atoms with Crippen molar-refractivity contribution in [3.05, 3.63) is 12.7 Å². The highest BCUT2D eigenvalue weighted by Crippen LogP contribution is 2.27. The molecule has 0 radical (unpaired) electrons. The Morgan fingerprint density at radius 3 is 2.50 bits per heavy atom. The van der Waals surface area contributed by atoms with E-state index < -0.39 is 0 Å². The van der Waals surface area contributed by atoms with E-state index in [2.05, 4.69) is 29.8 Å². The van der Waals surface area contributed by atoms with E-state index in [4.69, 9.17) is 0 Å². The second kappa shape index (κ2) is 3.19. The van der Waals surface area contributed by atoms with Gasteiger partial charge in [0.25, 0.3) is 0 Å². The zero-order valence-electron chi connectivity index (χ0n) is 7.79. The SMILES string of the molecule is C=CC(C)N1C[C@H]2CNC[C@H]2C1. The Morgan fingerprint density at radius 2 is 2.00 bits per heavy atom. The monoisotopic (exact) mass is 166 g/mol. The van der Waals surface area contributed by atoms with Gasteiger partial charge in [0, 0.05) is 19.1 Å². The van der Waals surface area contributed by atoms with Crippen molar-refractivity contribution in [2.75, 3.05) is 26.2 Å². The Hall–Kier alpha value is -0.340. The second-order valence-electron chi connectivity index (χ2n) is 4.11. The van der Waals surface area contributed by atoms with Gasteiger partial charge in [-0.25, -0.2) is 0 Å². The lowest BCUT2D eigenvalue weighted by Crippen LogP contribution is -2.32. The van der Waals surface area contributed by atoms with Crippen molar-refractivity contribution in [3.8, 4) is 0 Å². The minimum atomic E-state index is 0.565. The topological polar surface area (TPSA) is 15.3 Å². The second-order valence-corrected chi connectivity index (χ2v) is 4.11. The van der Waals surface area contributed by atoms with Crippen molar-refractivity contribution in [1.82, 2.24) is 10.2 Å². The summed E-state index contributed by atoms with van der Waals surface area (Å²) in [5.41, 5.74) is 0. The summed E-state index contributed by atoms with van der Waals surface area (Å²) in [6.45, 7) is 11.1. The molecule has 0 spiro atoms. The zero-order valence-corrected chi connectivity index (χ0v) is 7.79. The molecule has 68 valence electrons. The van der Waals surface area contributed by atoms with Crippen LogP contribution in [0.3, 0.4) is 0 Å². The molecule has 0 amide bonds. The Balaban J connectivity index is 1.94. The lowest BCUT2D eigenvalue weighted by Gasteiger charge is -2.21. The summed E-state index contributed by atoms with van der Waals surface area (Å²) in [7, 11) is 0. The number of nitrogens with zero attached hydrogens (tertiary/aromatic N) is 1. The maximum Gasteiger partial charge on any atom is 0.0247 e. The van der Waals surface area contributed by atoms with Crippen LogP contribution in [0.2, 0.25) is 0 Å². The van der Waals surface area contributed by atoms with E-state index in [0.29, 0.717) is 6.04 Å². The van der Waals surface area contributed by atoms with Gasteiger partial charge in [0.15, 0.2) is 0 Å². The molecule has 1 unspecified atom stereocenters. The van der Waals surface area contributed by atoms with E-state index in [0.717, 1.165) is 11.8 Å². The summed E-state index contributed by atoms with van der Waals surface area (Å²) in [6.07, 6.45) is 2.05. The van der Waals surface area contributed by atoms with Gasteiger partial charge >= 0.3 is 0 Å². The maximum absolute atomic E-state index is 3.84. The molecule has 0 aromatic heterocycles. The van der Waals surface area contributed by atoms with Crippen LogP contribution in [-0.2, 0) is 0 Å². The molecule has 0 aliphatic carbocycles. The highest BCUT2D eigenvalue weighted by molar-refractivity contribution is 4.96. The Kier molecular flexibility index (Phi) is 2.20. The largest absolute Gasteiger partial charge is 0.316 e. The molecule has 2 aliphatic rings. The van der Waals surface area contributed by atoms with Crippen LogP contribution in [0.15, 0.2) is 12.7 Å². The average molecular weight is 166 g/mol. The van der Waals surface area contributed by atoms with Crippen LogP contribution >= 0.6 is 0 Å². The molecule has 2 aliphatic heterocycles. The molecule has 2 heterocycles. The Bertz CT molecular complexity index is 167. The first kappa shape index (κ1) is 8.27. The van der Waals surface area contributed by atoms with Crippen molar-refractivity contribution in [1.29, 1.82) is 0 Å². The number of hydrogen-bond acceptors (Lipinski definition) is 2. The van der Waals surface area contributed by atoms with Crippen LogP contribution in [0.4, 0.5) is 0 Å². The molecule has 12 heavy (non-hydrogen) atoms. The molecule has 2 fully saturated rings. The maximum atomic E-state index is 3.84. The van der Waals surface area contributed by atoms with Crippen LogP contribution in [0.1, 0.15) is 6.92 Å². The van der Waals surface area contributed by atoms with Crippen molar-refractivity contribution in [2.45, 2.75) is 13.0 Å². The van der Waals surface area contributed by atoms with Crippen LogP contribution in [-0.4, -0.2) is 37.1 Å². The number of rotatable bonds is 2. The predicted molar refractivity (Wildman–Crippen MR) is 51.1 cm³/mol. The average Bonchev–Trinajstić information content (AvgIpc) is 2.60. The molecule has 2 rings (SSSR count). The van der Waals surface area contributed by atoms with E-state index in [-0.39, 0.29) is 0 Å². The van der Waals surface area contributed by atoms with Crippen molar-refractivity contribution in [2.24, 2.45) is 11.8 Å². The quantitative estimate of drug-likeness (QED) is 0.608. The van der Waals surface area contributed by atoms with E-state index in [1.165, 1.54) is 26.2 Å². The third kappa shape index (κ3) is 1.29. The highest BCUT2D eigenvalue weighted by Gasteiger charge is 2.36. The zero-order chi connectivity index (χ0) is 8.55. The fourth-order valence-electron chi connectivity index (χ4n) is 2.37. The smallest absolute Gasteiger partial charge is 0.0247 e. The lowest BCUT2D eigenvalue weighted by molar-refractivity contribution is 0.278. The Morgan fingerprint density at radius 1 is 1.42 bits per heavy atom. The molecule has 2 nitrogen and oxygen atoms in total. The standard InChI is InChI=1S/C10H18N2/c1-3-8(2)12-6-9-4-11-5-10(9)7-12/h3,8-11H,1,4-7H2,2H3/t8?,9-,10+. The fraction of sp³-hybridized carbons (Fsp3) is 0.800. The van der Waals surface area contributed by atoms with Gasteiger partial charge in [-0.2, -0.15) is 0 Å². The van der Waals surface area contributed by atoms with E-state index in [1.807, 2.05) is 0 Å². The van der Waals surface area contributed by atoms with Gasteiger partial charge in [-0.3, -0.25) is 4.90 Å². The van der Waals surface area contributed by atoms with Crippen molar-refractivity contribution < 1.29 is 0 Å². The number of hydrogen-bond donors (Lipinski definition) is 1. The van der Waals surface area contributed by atoms with Crippen LogP contribution in [0, 0.1) is 11.8 Å². The first-order valence-corrected chi connectivity index (χ1v) is 4.88. The fourth-order valence-corrected chi connectivity index (χ4v) is 2.37. The summed E-state index contributed by atoms with van der Waals surface area (Å²) in [5, 5.41) is 3.45. The van der Waals surface area contributed by atoms with Crippen LogP contribution < -0.4 is 5.32 Å². The molecular formula is C10H18N2. The molecule has 1 N–H and O–H groups in total. The summed E-state index contributed by atoms with van der Waals surface area (Å²) >= 11 is 0. The number of fused-ring (bicyclic) bond motifs is 1. The van der Waals surface area contributed by atoms with Crippen molar-refractivity contribution in [3.63, 3.8) is 0 Å². The van der Waals surface area contributed by atoms with E-state index >= 15 is 0 Å². The van der Waals surface area contributed by atoms with Gasteiger partial charge in [0.2, 0.25) is 0 Å². The van der Waals surface area contributed by atoms with Gasteiger partial charge in [0.05, 0.1) is 0 Å². The van der Waals surface area contributed by atoms with E-state index in [1.54, 1.807) is 0 Å². The third-order valence-electron chi connectivity index (χ3n) is 3.33. The summed E-state index contributed by atoms with van der Waals surface area (Å²) in [4.78, 5) is 2.54. The molecule has 3 atom stereocenters. The molecule has 2 saturated heterocycles. The van der Waals surface area contributed by atoms with E-state index in [9.17, 15) is 0 Å². The van der Waals surface area contributed by atoms with Gasteiger partial charge in [-0.05, 0) is 31.8 Å². The summed E-state index contributed by atoms with van der Waals surface area (Å²) in [6, 6.07) is 0.565. The van der Waals surface area contributed by atoms with Crippen LogP contribution in [0.25, 0.3) is 0 Å². The molecule has 2 heteroatoms. The molecular weight excluding hydrogens is 148 g/mol. The lowest BCUT2D eigenvalue weighted by atomic mass is 10.0. The third-order valence-corrected chi connectivity index (χ3v) is 3.33. The number of nitrogens with one attached hydrogen (secondary N) is 1.